The zero-order valence-electron chi connectivity index (χ0n) is 15.3. The second kappa shape index (κ2) is 17.7. The third-order valence-corrected chi connectivity index (χ3v) is 3.68. The number of allylic oxidation sites excluding steroid dienone is 7. The smallest absolute Gasteiger partial charge is 0.330 e. The van der Waals surface area contributed by atoms with E-state index in [1.165, 1.54) is 45.3 Å². The summed E-state index contributed by atoms with van der Waals surface area (Å²) < 4.78 is 4.48. The molecule has 0 amide bonds. The highest BCUT2D eigenvalue weighted by molar-refractivity contribution is 5.82. The Bertz CT molecular complexity index is 405. The maximum absolute atomic E-state index is 10.8. The minimum atomic E-state index is -0.358. The first-order valence-corrected chi connectivity index (χ1v) is 9.13. The largest absolute Gasteiger partial charge is 0.466 e. The molecule has 0 heterocycles. The van der Waals surface area contributed by atoms with E-state index in [0.29, 0.717) is 0 Å². The van der Waals surface area contributed by atoms with E-state index in [-0.39, 0.29) is 12.1 Å². The SMILES string of the molecule is CCCCCCCCC(O)CCC=CC=CC=CC=CC(=O)OC. The third kappa shape index (κ3) is 16.8. The summed E-state index contributed by atoms with van der Waals surface area (Å²) >= 11 is 0. The molecule has 0 spiro atoms. The molecular formula is C21H34O3. The van der Waals surface area contributed by atoms with Gasteiger partial charge in [0.15, 0.2) is 0 Å². The lowest BCUT2D eigenvalue weighted by Crippen LogP contribution is -2.05. The minimum absolute atomic E-state index is 0.173. The number of rotatable bonds is 14. The van der Waals surface area contributed by atoms with Gasteiger partial charge in [0.1, 0.15) is 0 Å². The Morgan fingerprint density at radius 2 is 1.54 bits per heavy atom. The number of carbonyl (C=O) groups excluding carboxylic acids is 1. The molecule has 24 heavy (non-hydrogen) atoms. The predicted octanol–water partition coefficient (Wildman–Crippen LogP) is 5.28. The molecular weight excluding hydrogens is 300 g/mol. The molecule has 0 aromatic rings. The first-order chi connectivity index (χ1) is 11.7. The van der Waals surface area contributed by atoms with Gasteiger partial charge in [-0.1, -0.05) is 88.0 Å². The van der Waals surface area contributed by atoms with Crippen LogP contribution in [0.3, 0.4) is 0 Å². The van der Waals surface area contributed by atoms with Gasteiger partial charge in [-0.15, -0.1) is 0 Å². The lowest BCUT2D eigenvalue weighted by Gasteiger charge is -2.08. The Kier molecular flexibility index (Phi) is 16.5. The summed E-state index contributed by atoms with van der Waals surface area (Å²) in [6.45, 7) is 2.23. The van der Waals surface area contributed by atoms with Crippen molar-refractivity contribution in [3.8, 4) is 0 Å². The lowest BCUT2D eigenvalue weighted by atomic mass is 10.0. The minimum Gasteiger partial charge on any atom is -0.466 e. The predicted molar refractivity (Wildman–Crippen MR) is 102 cm³/mol. The van der Waals surface area contributed by atoms with E-state index in [0.717, 1.165) is 25.7 Å². The number of hydrogen-bond acceptors (Lipinski definition) is 3. The van der Waals surface area contributed by atoms with E-state index >= 15 is 0 Å². The van der Waals surface area contributed by atoms with Crippen molar-refractivity contribution in [1.82, 2.24) is 0 Å². The Hall–Kier alpha value is -1.61. The lowest BCUT2D eigenvalue weighted by molar-refractivity contribution is -0.134. The van der Waals surface area contributed by atoms with E-state index in [2.05, 4.69) is 17.7 Å². The van der Waals surface area contributed by atoms with Crippen LogP contribution >= 0.6 is 0 Å². The first-order valence-electron chi connectivity index (χ1n) is 9.13. The number of carbonyl (C=O) groups is 1. The second-order valence-electron chi connectivity index (χ2n) is 5.87. The van der Waals surface area contributed by atoms with Crippen LogP contribution in [0.2, 0.25) is 0 Å². The number of aliphatic hydroxyl groups excluding tert-OH is 1. The van der Waals surface area contributed by atoms with Crippen LogP contribution in [0.5, 0.6) is 0 Å². The fraction of sp³-hybridized carbons (Fsp3) is 0.571. The van der Waals surface area contributed by atoms with Crippen molar-refractivity contribution in [2.24, 2.45) is 0 Å². The van der Waals surface area contributed by atoms with E-state index in [1.807, 2.05) is 24.3 Å². The molecule has 0 saturated heterocycles. The van der Waals surface area contributed by atoms with Crippen molar-refractivity contribution < 1.29 is 14.6 Å². The van der Waals surface area contributed by atoms with Crippen molar-refractivity contribution in [1.29, 1.82) is 0 Å². The molecule has 3 nitrogen and oxygen atoms in total. The molecule has 0 radical (unpaired) electrons. The van der Waals surface area contributed by atoms with Crippen molar-refractivity contribution in [3.63, 3.8) is 0 Å². The van der Waals surface area contributed by atoms with E-state index in [4.69, 9.17) is 0 Å². The van der Waals surface area contributed by atoms with Crippen LogP contribution in [0.1, 0.15) is 64.7 Å². The molecule has 3 heteroatoms. The number of aliphatic hydroxyl groups is 1. The van der Waals surface area contributed by atoms with Gasteiger partial charge in [0.05, 0.1) is 13.2 Å². The fourth-order valence-electron chi connectivity index (χ4n) is 2.23. The second-order valence-corrected chi connectivity index (χ2v) is 5.87. The molecule has 1 N–H and O–H groups in total. The van der Waals surface area contributed by atoms with Crippen LogP contribution in [0.25, 0.3) is 0 Å². The van der Waals surface area contributed by atoms with E-state index in [9.17, 15) is 9.90 Å². The molecule has 0 aromatic carbocycles. The van der Waals surface area contributed by atoms with Crippen molar-refractivity contribution in [2.45, 2.75) is 70.8 Å². The van der Waals surface area contributed by atoms with Crippen molar-refractivity contribution in [3.05, 3.63) is 48.6 Å². The number of methoxy groups -OCH3 is 1. The van der Waals surface area contributed by atoms with Gasteiger partial charge in [0, 0.05) is 6.08 Å². The summed E-state index contributed by atoms with van der Waals surface area (Å²) in [6.07, 6.45) is 24.6. The summed E-state index contributed by atoms with van der Waals surface area (Å²) in [6, 6.07) is 0. The van der Waals surface area contributed by atoms with Crippen LogP contribution in [0.15, 0.2) is 48.6 Å². The van der Waals surface area contributed by atoms with Crippen LogP contribution in [0, 0.1) is 0 Å². The normalized spacial score (nSPS) is 13.6. The van der Waals surface area contributed by atoms with Crippen LogP contribution in [-0.2, 0) is 9.53 Å². The molecule has 1 atom stereocenters. The monoisotopic (exact) mass is 334 g/mol. The molecule has 0 aliphatic heterocycles. The van der Waals surface area contributed by atoms with Gasteiger partial charge in [-0.05, 0) is 19.3 Å². The summed E-state index contributed by atoms with van der Waals surface area (Å²) in [5, 5.41) is 9.91. The standard InChI is InChI=1S/C21H34O3/c1-3-4-5-6-11-14-17-20(22)18-15-12-9-7-8-10-13-16-19-21(23)24-2/h7-10,12-13,16,19-20,22H,3-6,11,14-15,17-18H2,1-2H3. The van der Waals surface area contributed by atoms with Gasteiger partial charge in [0.2, 0.25) is 0 Å². The quantitative estimate of drug-likeness (QED) is 0.203. The maximum Gasteiger partial charge on any atom is 0.330 e. The number of unbranched alkanes of at least 4 members (excludes halogenated alkanes) is 5. The Balaban J connectivity index is 3.59. The van der Waals surface area contributed by atoms with Crippen molar-refractivity contribution in [2.75, 3.05) is 7.11 Å². The van der Waals surface area contributed by atoms with Crippen molar-refractivity contribution >= 4 is 5.97 Å². The zero-order valence-corrected chi connectivity index (χ0v) is 15.3. The van der Waals surface area contributed by atoms with Gasteiger partial charge in [0.25, 0.3) is 0 Å². The maximum atomic E-state index is 10.8. The topological polar surface area (TPSA) is 46.5 Å². The average Bonchev–Trinajstić information content (AvgIpc) is 2.59. The van der Waals surface area contributed by atoms with E-state index < -0.39 is 0 Å². The molecule has 0 aromatic heterocycles. The highest BCUT2D eigenvalue weighted by Gasteiger charge is 2.01. The van der Waals surface area contributed by atoms with Crippen LogP contribution in [0.4, 0.5) is 0 Å². The van der Waals surface area contributed by atoms with Crippen LogP contribution < -0.4 is 0 Å². The average molecular weight is 335 g/mol. The Labute approximate surface area is 147 Å². The Morgan fingerprint density at radius 3 is 2.25 bits per heavy atom. The molecule has 1 unspecified atom stereocenters. The van der Waals surface area contributed by atoms with Gasteiger partial charge in [-0.2, -0.15) is 0 Å². The third-order valence-electron chi connectivity index (χ3n) is 3.68. The van der Waals surface area contributed by atoms with Crippen LogP contribution in [-0.4, -0.2) is 24.3 Å². The molecule has 0 aliphatic rings. The summed E-state index contributed by atoms with van der Waals surface area (Å²) in [4.78, 5) is 10.8. The van der Waals surface area contributed by atoms with Gasteiger partial charge < -0.3 is 9.84 Å². The fourth-order valence-corrected chi connectivity index (χ4v) is 2.23. The molecule has 136 valence electrons. The molecule has 0 bridgehead atoms. The highest BCUT2D eigenvalue weighted by atomic mass is 16.5. The number of ether oxygens (including phenoxy) is 1. The number of esters is 1. The van der Waals surface area contributed by atoms with Gasteiger partial charge in [-0.3, -0.25) is 0 Å². The molecule has 0 saturated carbocycles. The van der Waals surface area contributed by atoms with E-state index in [1.54, 1.807) is 12.2 Å². The molecule has 0 fully saturated rings. The Morgan fingerprint density at radius 1 is 0.917 bits per heavy atom. The number of hydrogen-bond donors (Lipinski definition) is 1. The summed E-state index contributed by atoms with van der Waals surface area (Å²) in [5.74, 6) is -0.358. The van der Waals surface area contributed by atoms with Gasteiger partial charge in [-0.25, -0.2) is 4.79 Å². The van der Waals surface area contributed by atoms with Gasteiger partial charge >= 0.3 is 5.97 Å². The highest BCUT2D eigenvalue weighted by Crippen LogP contribution is 2.11. The summed E-state index contributed by atoms with van der Waals surface area (Å²) in [5.41, 5.74) is 0. The molecule has 0 rings (SSSR count). The summed E-state index contributed by atoms with van der Waals surface area (Å²) in [7, 11) is 1.35. The zero-order chi connectivity index (χ0) is 17.9. The first kappa shape index (κ1) is 22.4. The molecule has 0 aliphatic carbocycles.